The molecule has 2 fully saturated rings. The Morgan fingerprint density at radius 1 is 1.10 bits per heavy atom. The Balaban J connectivity index is 1.71. The molecule has 0 radical (unpaired) electrons. The van der Waals surface area contributed by atoms with Crippen molar-refractivity contribution >= 4 is 5.91 Å². The topological polar surface area (TPSA) is 68.0 Å². The first kappa shape index (κ1) is 16.7. The molecule has 2 aliphatic heterocycles. The fourth-order valence-corrected chi connectivity index (χ4v) is 2.91. The number of carbonyl (C=O) groups excluding carboxylic acids is 1. The molecule has 0 bridgehead atoms. The van der Waals surface area contributed by atoms with Crippen LogP contribution in [0.1, 0.15) is 25.7 Å². The first-order valence-electron chi connectivity index (χ1n) is 8.22. The van der Waals surface area contributed by atoms with E-state index in [9.17, 15) is 4.79 Å². The average Bonchev–Trinajstić information content (AvgIpc) is 2.77. The van der Waals surface area contributed by atoms with E-state index < -0.39 is 6.10 Å². The smallest absolute Gasteiger partial charge is 0.254 e. The molecule has 1 atom stereocenters. The molecular weight excluding hydrogens is 270 g/mol. The molecule has 6 nitrogen and oxygen atoms in total. The minimum Gasteiger partial charge on any atom is -0.376 e. The van der Waals surface area contributed by atoms with E-state index in [2.05, 4.69) is 4.90 Å². The maximum Gasteiger partial charge on any atom is 0.254 e. The van der Waals surface area contributed by atoms with Crippen LogP contribution in [-0.4, -0.2) is 80.9 Å². The van der Waals surface area contributed by atoms with Crippen molar-refractivity contribution in [2.75, 3.05) is 59.1 Å². The van der Waals surface area contributed by atoms with Crippen LogP contribution in [0.4, 0.5) is 0 Å². The van der Waals surface area contributed by atoms with Gasteiger partial charge in [0, 0.05) is 19.6 Å². The van der Waals surface area contributed by atoms with Gasteiger partial charge < -0.3 is 25.0 Å². The molecule has 6 heteroatoms. The largest absolute Gasteiger partial charge is 0.376 e. The van der Waals surface area contributed by atoms with Crippen molar-refractivity contribution in [3.05, 3.63) is 0 Å². The third-order valence-corrected chi connectivity index (χ3v) is 4.17. The molecule has 2 rings (SSSR count). The van der Waals surface area contributed by atoms with Gasteiger partial charge in [-0.2, -0.15) is 0 Å². The lowest BCUT2D eigenvalue weighted by Crippen LogP contribution is -2.46. The fourth-order valence-electron chi connectivity index (χ4n) is 2.91. The summed E-state index contributed by atoms with van der Waals surface area (Å²) in [6.45, 7) is 7.09. The number of hydrogen-bond donors (Lipinski definition) is 1. The number of carbonyl (C=O) groups is 1. The summed E-state index contributed by atoms with van der Waals surface area (Å²) in [7, 11) is 0. The van der Waals surface area contributed by atoms with E-state index in [1.165, 1.54) is 12.8 Å². The lowest BCUT2D eigenvalue weighted by molar-refractivity contribution is -0.157. The standard InChI is InChI=1S/C15H29N3O3/c16-5-2-1-3-6-17-7-4-8-18(10-9-17)15(19)14-13-20-11-12-21-14/h14H,1-13,16H2. The number of hydrogen-bond acceptors (Lipinski definition) is 5. The first-order chi connectivity index (χ1) is 10.3. The summed E-state index contributed by atoms with van der Waals surface area (Å²) in [5.41, 5.74) is 5.52. The zero-order valence-electron chi connectivity index (χ0n) is 13.0. The predicted octanol–water partition coefficient (Wildman–Crippen LogP) is 0.0651. The van der Waals surface area contributed by atoms with Gasteiger partial charge in [0.15, 0.2) is 6.10 Å². The lowest BCUT2D eigenvalue weighted by atomic mass is 10.2. The average molecular weight is 299 g/mol. The van der Waals surface area contributed by atoms with Crippen LogP contribution in [0.2, 0.25) is 0 Å². The van der Waals surface area contributed by atoms with Gasteiger partial charge >= 0.3 is 0 Å². The molecule has 0 aromatic carbocycles. The zero-order valence-corrected chi connectivity index (χ0v) is 13.0. The van der Waals surface area contributed by atoms with Crippen LogP contribution >= 0.6 is 0 Å². The number of ether oxygens (including phenoxy) is 2. The summed E-state index contributed by atoms with van der Waals surface area (Å²) < 4.78 is 10.8. The summed E-state index contributed by atoms with van der Waals surface area (Å²) in [5.74, 6) is 0.0969. The second-order valence-electron chi connectivity index (χ2n) is 5.80. The Labute approximate surface area is 127 Å². The van der Waals surface area contributed by atoms with Gasteiger partial charge in [0.25, 0.3) is 5.91 Å². The van der Waals surface area contributed by atoms with Gasteiger partial charge in [0.2, 0.25) is 0 Å². The van der Waals surface area contributed by atoms with Gasteiger partial charge in [-0.05, 0) is 38.9 Å². The fraction of sp³-hybridized carbons (Fsp3) is 0.933. The predicted molar refractivity (Wildman–Crippen MR) is 81.1 cm³/mol. The molecule has 0 aromatic heterocycles. The van der Waals surface area contributed by atoms with Crippen molar-refractivity contribution in [2.24, 2.45) is 5.73 Å². The third-order valence-electron chi connectivity index (χ3n) is 4.17. The van der Waals surface area contributed by atoms with E-state index in [-0.39, 0.29) is 5.91 Å². The first-order valence-corrected chi connectivity index (χ1v) is 8.22. The monoisotopic (exact) mass is 299 g/mol. The van der Waals surface area contributed by atoms with Gasteiger partial charge in [-0.3, -0.25) is 4.79 Å². The number of nitrogens with zero attached hydrogens (tertiary/aromatic N) is 2. The molecule has 0 aromatic rings. The Bertz CT molecular complexity index is 309. The van der Waals surface area contributed by atoms with E-state index in [1.54, 1.807) is 0 Å². The molecule has 2 saturated heterocycles. The van der Waals surface area contributed by atoms with Crippen LogP contribution < -0.4 is 5.73 Å². The summed E-state index contributed by atoms with van der Waals surface area (Å²) in [4.78, 5) is 16.8. The molecule has 2 aliphatic rings. The quantitative estimate of drug-likeness (QED) is 0.703. The third kappa shape index (κ3) is 5.54. The SMILES string of the molecule is NCCCCCN1CCCN(C(=O)C2COCCO2)CC1. The van der Waals surface area contributed by atoms with Crippen molar-refractivity contribution in [3.63, 3.8) is 0 Å². The molecule has 1 unspecified atom stereocenters. The summed E-state index contributed by atoms with van der Waals surface area (Å²) >= 11 is 0. The molecule has 0 spiro atoms. The highest BCUT2D eigenvalue weighted by atomic mass is 16.6. The highest BCUT2D eigenvalue weighted by molar-refractivity contribution is 5.81. The maximum atomic E-state index is 12.4. The van der Waals surface area contributed by atoms with Gasteiger partial charge in [-0.15, -0.1) is 0 Å². The summed E-state index contributed by atoms with van der Waals surface area (Å²) in [6.07, 6.45) is 4.15. The lowest BCUT2D eigenvalue weighted by Gasteiger charge is -2.28. The molecular formula is C15H29N3O3. The number of rotatable bonds is 6. The van der Waals surface area contributed by atoms with E-state index >= 15 is 0 Å². The number of nitrogens with two attached hydrogens (primary N) is 1. The van der Waals surface area contributed by atoms with Crippen molar-refractivity contribution in [1.82, 2.24) is 9.80 Å². The van der Waals surface area contributed by atoms with Gasteiger partial charge in [0.05, 0.1) is 19.8 Å². The molecule has 2 heterocycles. The van der Waals surface area contributed by atoms with E-state index in [0.717, 1.165) is 52.1 Å². The molecule has 0 saturated carbocycles. The van der Waals surface area contributed by atoms with Crippen LogP contribution in [0.3, 0.4) is 0 Å². The van der Waals surface area contributed by atoms with Crippen molar-refractivity contribution < 1.29 is 14.3 Å². The highest BCUT2D eigenvalue weighted by Crippen LogP contribution is 2.10. The van der Waals surface area contributed by atoms with Crippen LogP contribution in [-0.2, 0) is 14.3 Å². The number of amides is 1. The van der Waals surface area contributed by atoms with Gasteiger partial charge in [-0.1, -0.05) is 6.42 Å². The Hall–Kier alpha value is -0.690. The maximum absolute atomic E-state index is 12.4. The Morgan fingerprint density at radius 2 is 2.00 bits per heavy atom. The number of unbranched alkanes of at least 4 members (excludes halogenated alkanes) is 2. The Kier molecular flexibility index (Phi) is 7.43. The summed E-state index contributed by atoms with van der Waals surface area (Å²) in [5, 5.41) is 0. The van der Waals surface area contributed by atoms with Crippen LogP contribution in [0.15, 0.2) is 0 Å². The molecule has 1 amide bonds. The van der Waals surface area contributed by atoms with E-state index in [4.69, 9.17) is 15.2 Å². The minimum atomic E-state index is -0.394. The second-order valence-corrected chi connectivity index (χ2v) is 5.80. The van der Waals surface area contributed by atoms with Crippen LogP contribution in [0.25, 0.3) is 0 Å². The van der Waals surface area contributed by atoms with Crippen molar-refractivity contribution in [3.8, 4) is 0 Å². The molecule has 0 aliphatic carbocycles. The van der Waals surface area contributed by atoms with Gasteiger partial charge in [0.1, 0.15) is 0 Å². The zero-order chi connectivity index (χ0) is 14.9. The van der Waals surface area contributed by atoms with Crippen molar-refractivity contribution in [2.45, 2.75) is 31.8 Å². The second kappa shape index (κ2) is 9.35. The molecule has 122 valence electrons. The van der Waals surface area contributed by atoms with Crippen molar-refractivity contribution in [1.29, 1.82) is 0 Å². The Morgan fingerprint density at radius 3 is 2.76 bits per heavy atom. The summed E-state index contributed by atoms with van der Waals surface area (Å²) in [6, 6.07) is 0. The van der Waals surface area contributed by atoms with E-state index in [1.807, 2.05) is 4.90 Å². The van der Waals surface area contributed by atoms with Gasteiger partial charge in [-0.25, -0.2) is 0 Å². The van der Waals surface area contributed by atoms with Crippen LogP contribution in [0, 0.1) is 0 Å². The minimum absolute atomic E-state index is 0.0969. The molecule has 2 N–H and O–H groups in total. The highest BCUT2D eigenvalue weighted by Gasteiger charge is 2.28. The normalized spacial score (nSPS) is 24.8. The molecule has 21 heavy (non-hydrogen) atoms. The van der Waals surface area contributed by atoms with Crippen LogP contribution in [0.5, 0.6) is 0 Å². The van der Waals surface area contributed by atoms with E-state index in [0.29, 0.717) is 19.8 Å².